The highest BCUT2D eigenvalue weighted by atomic mass is 127. The van der Waals surface area contributed by atoms with E-state index in [4.69, 9.17) is 0 Å². The van der Waals surface area contributed by atoms with Crippen LogP contribution in [0.1, 0.15) is 21.7 Å². The number of halogens is 1. The van der Waals surface area contributed by atoms with E-state index in [1.165, 1.54) is 0 Å². The largest absolute Gasteiger partial charge is 0.348 e. The third-order valence-electron chi connectivity index (χ3n) is 3.61. The molecule has 4 nitrogen and oxygen atoms in total. The molecule has 0 saturated heterocycles. The van der Waals surface area contributed by atoms with E-state index in [1.807, 2.05) is 66.2 Å². The van der Waals surface area contributed by atoms with Gasteiger partial charge in [0.25, 0.3) is 5.91 Å². The highest BCUT2D eigenvalue weighted by Gasteiger charge is 2.08. The Morgan fingerprint density at radius 2 is 1.91 bits per heavy atom. The predicted octanol–water partition coefficient (Wildman–Crippen LogP) is 3.72. The van der Waals surface area contributed by atoms with E-state index in [2.05, 4.69) is 32.9 Å². The quantitative estimate of drug-likeness (QED) is 0.658. The second-order valence-corrected chi connectivity index (χ2v) is 6.34. The van der Waals surface area contributed by atoms with Gasteiger partial charge in [-0.05, 0) is 59.3 Å². The monoisotopic (exact) mass is 417 g/mol. The standard InChI is InChI=1S/C18H16IN3O/c1-13-20-10-11-22(13)15-8-6-14(7-9-15)12-21-18(23)16-4-2-3-5-17(16)19/h2-11H,12H2,1H3,(H,21,23). The minimum absolute atomic E-state index is 0.0514. The summed E-state index contributed by atoms with van der Waals surface area (Å²) in [6, 6.07) is 15.7. The molecule has 0 spiro atoms. The number of aromatic nitrogens is 2. The summed E-state index contributed by atoms with van der Waals surface area (Å²) >= 11 is 2.17. The van der Waals surface area contributed by atoms with Gasteiger partial charge in [0, 0.05) is 28.2 Å². The number of aryl methyl sites for hydroxylation is 1. The highest BCUT2D eigenvalue weighted by Crippen LogP contribution is 2.13. The molecular weight excluding hydrogens is 401 g/mol. The van der Waals surface area contributed by atoms with Gasteiger partial charge in [-0.15, -0.1) is 0 Å². The first-order valence-corrected chi connectivity index (χ1v) is 8.35. The SMILES string of the molecule is Cc1nccn1-c1ccc(CNC(=O)c2ccccc2I)cc1. The van der Waals surface area contributed by atoms with E-state index in [0.29, 0.717) is 12.1 Å². The van der Waals surface area contributed by atoms with Crippen molar-refractivity contribution in [2.75, 3.05) is 0 Å². The summed E-state index contributed by atoms with van der Waals surface area (Å²) in [7, 11) is 0. The molecule has 0 aliphatic rings. The zero-order chi connectivity index (χ0) is 16.2. The average molecular weight is 417 g/mol. The van der Waals surface area contributed by atoms with Crippen molar-refractivity contribution < 1.29 is 4.79 Å². The predicted molar refractivity (Wildman–Crippen MR) is 98.6 cm³/mol. The number of carbonyl (C=O) groups is 1. The van der Waals surface area contributed by atoms with Gasteiger partial charge in [0.05, 0.1) is 5.56 Å². The molecule has 0 radical (unpaired) electrons. The Balaban J connectivity index is 1.66. The Morgan fingerprint density at radius 3 is 2.57 bits per heavy atom. The fourth-order valence-electron chi connectivity index (χ4n) is 2.35. The van der Waals surface area contributed by atoms with Gasteiger partial charge in [-0.2, -0.15) is 0 Å². The molecule has 1 N–H and O–H groups in total. The van der Waals surface area contributed by atoms with Crippen LogP contribution in [-0.2, 0) is 6.54 Å². The third kappa shape index (κ3) is 3.61. The number of nitrogens with zero attached hydrogens (tertiary/aromatic N) is 2. The molecule has 3 rings (SSSR count). The first-order valence-electron chi connectivity index (χ1n) is 7.27. The molecule has 1 amide bonds. The van der Waals surface area contributed by atoms with Crippen LogP contribution in [-0.4, -0.2) is 15.5 Å². The van der Waals surface area contributed by atoms with E-state index < -0.39 is 0 Å². The minimum atomic E-state index is -0.0514. The number of nitrogens with one attached hydrogen (secondary N) is 1. The number of amides is 1. The van der Waals surface area contributed by atoms with Gasteiger partial charge in [-0.1, -0.05) is 24.3 Å². The van der Waals surface area contributed by atoms with Crippen LogP contribution in [0.5, 0.6) is 0 Å². The smallest absolute Gasteiger partial charge is 0.252 e. The summed E-state index contributed by atoms with van der Waals surface area (Å²) in [5.74, 6) is 0.897. The Kier molecular flexibility index (Phi) is 4.76. The minimum Gasteiger partial charge on any atom is -0.348 e. The Morgan fingerprint density at radius 1 is 1.17 bits per heavy atom. The Hall–Kier alpha value is -2.15. The van der Waals surface area contributed by atoms with E-state index in [-0.39, 0.29) is 5.91 Å². The zero-order valence-corrected chi connectivity index (χ0v) is 14.8. The van der Waals surface area contributed by atoms with Crippen molar-refractivity contribution in [3.05, 3.63) is 81.4 Å². The van der Waals surface area contributed by atoms with E-state index in [1.54, 1.807) is 6.20 Å². The molecule has 0 saturated carbocycles. The fraction of sp³-hybridized carbons (Fsp3) is 0.111. The van der Waals surface area contributed by atoms with Gasteiger partial charge in [0.15, 0.2) is 0 Å². The molecule has 23 heavy (non-hydrogen) atoms. The summed E-state index contributed by atoms with van der Waals surface area (Å²) in [5, 5.41) is 2.96. The van der Waals surface area contributed by atoms with Gasteiger partial charge >= 0.3 is 0 Å². The molecule has 0 fully saturated rings. The second-order valence-electron chi connectivity index (χ2n) is 5.17. The van der Waals surface area contributed by atoms with Crippen LogP contribution in [0.25, 0.3) is 5.69 Å². The van der Waals surface area contributed by atoms with Crippen molar-refractivity contribution in [2.45, 2.75) is 13.5 Å². The molecule has 3 aromatic rings. The highest BCUT2D eigenvalue weighted by molar-refractivity contribution is 14.1. The maximum absolute atomic E-state index is 12.2. The molecule has 116 valence electrons. The first-order chi connectivity index (χ1) is 11.1. The van der Waals surface area contributed by atoms with Crippen molar-refractivity contribution in [2.24, 2.45) is 0 Å². The Bertz CT molecular complexity index is 824. The van der Waals surface area contributed by atoms with Crippen molar-refractivity contribution in [1.29, 1.82) is 0 Å². The number of imidazole rings is 1. The van der Waals surface area contributed by atoms with E-state index in [9.17, 15) is 4.79 Å². The van der Waals surface area contributed by atoms with Crippen LogP contribution < -0.4 is 5.32 Å². The molecule has 0 aliphatic carbocycles. The van der Waals surface area contributed by atoms with E-state index >= 15 is 0 Å². The lowest BCUT2D eigenvalue weighted by Gasteiger charge is -2.09. The van der Waals surface area contributed by atoms with Crippen LogP contribution in [0.3, 0.4) is 0 Å². The van der Waals surface area contributed by atoms with E-state index in [0.717, 1.165) is 20.6 Å². The van der Waals surface area contributed by atoms with Crippen LogP contribution in [0.2, 0.25) is 0 Å². The van der Waals surface area contributed by atoms with Crippen molar-refractivity contribution in [3.63, 3.8) is 0 Å². The molecule has 1 aromatic heterocycles. The van der Waals surface area contributed by atoms with Crippen LogP contribution in [0.4, 0.5) is 0 Å². The van der Waals surface area contributed by atoms with Crippen LogP contribution in [0, 0.1) is 10.5 Å². The fourth-order valence-corrected chi connectivity index (χ4v) is 2.98. The maximum Gasteiger partial charge on any atom is 0.252 e. The topological polar surface area (TPSA) is 46.9 Å². The van der Waals surface area contributed by atoms with Gasteiger partial charge in [0.1, 0.15) is 5.82 Å². The Labute approximate surface area is 148 Å². The average Bonchev–Trinajstić information content (AvgIpc) is 2.99. The van der Waals surface area contributed by atoms with Crippen molar-refractivity contribution in [3.8, 4) is 5.69 Å². The lowest BCUT2D eigenvalue weighted by atomic mass is 10.2. The number of benzene rings is 2. The number of rotatable bonds is 4. The molecule has 0 aliphatic heterocycles. The van der Waals surface area contributed by atoms with Gasteiger partial charge in [-0.3, -0.25) is 4.79 Å². The zero-order valence-electron chi connectivity index (χ0n) is 12.7. The van der Waals surface area contributed by atoms with Crippen molar-refractivity contribution in [1.82, 2.24) is 14.9 Å². The summed E-state index contributed by atoms with van der Waals surface area (Å²) in [4.78, 5) is 16.4. The number of hydrogen-bond donors (Lipinski definition) is 1. The molecule has 5 heteroatoms. The van der Waals surface area contributed by atoms with Crippen molar-refractivity contribution >= 4 is 28.5 Å². The summed E-state index contributed by atoms with van der Waals surface area (Å²) in [6.45, 7) is 2.47. The van der Waals surface area contributed by atoms with Gasteiger partial charge in [0.2, 0.25) is 0 Å². The molecule has 1 heterocycles. The summed E-state index contributed by atoms with van der Waals surface area (Å²) in [6.07, 6.45) is 3.72. The third-order valence-corrected chi connectivity index (χ3v) is 4.55. The molecule has 0 bridgehead atoms. The first kappa shape index (κ1) is 15.7. The van der Waals surface area contributed by atoms with Crippen LogP contribution >= 0.6 is 22.6 Å². The van der Waals surface area contributed by atoms with Crippen LogP contribution in [0.15, 0.2) is 60.9 Å². The normalized spacial score (nSPS) is 10.5. The number of carbonyl (C=O) groups excluding carboxylic acids is 1. The lowest BCUT2D eigenvalue weighted by Crippen LogP contribution is -2.23. The summed E-state index contributed by atoms with van der Waals surface area (Å²) < 4.78 is 2.97. The van der Waals surface area contributed by atoms with Gasteiger partial charge < -0.3 is 9.88 Å². The molecule has 0 atom stereocenters. The maximum atomic E-state index is 12.2. The second kappa shape index (κ2) is 6.95. The lowest BCUT2D eigenvalue weighted by molar-refractivity contribution is 0.0950. The van der Waals surface area contributed by atoms with Gasteiger partial charge in [-0.25, -0.2) is 4.98 Å². The number of hydrogen-bond acceptors (Lipinski definition) is 2. The molecule has 0 unspecified atom stereocenters. The molecular formula is C18H16IN3O. The molecule has 2 aromatic carbocycles. The summed E-state index contributed by atoms with van der Waals surface area (Å²) in [5.41, 5.74) is 2.83.